The molecule has 2 rings (SSSR count). The zero-order valence-corrected chi connectivity index (χ0v) is 14.8. The normalized spacial score (nSPS) is 18.5. The molecule has 1 amide bonds. The third-order valence-corrected chi connectivity index (χ3v) is 4.61. The van der Waals surface area contributed by atoms with E-state index in [2.05, 4.69) is 17.1 Å². The van der Waals surface area contributed by atoms with Gasteiger partial charge in [-0.3, -0.25) is 9.69 Å². The number of carbonyl (C=O) groups is 1. The predicted octanol–water partition coefficient (Wildman–Crippen LogP) is 3.56. The van der Waals surface area contributed by atoms with E-state index in [1.807, 2.05) is 0 Å². The number of nitrogens with zero attached hydrogens (tertiary/aromatic N) is 1. The molecule has 6 heteroatoms. The highest BCUT2D eigenvalue weighted by Gasteiger charge is 2.23. The highest BCUT2D eigenvalue weighted by Crippen LogP contribution is 2.35. The number of amides is 1. The van der Waals surface area contributed by atoms with Gasteiger partial charge in [-0.2, -0.15) is 0 Å². The largest absolute Gasteiger partial charge is 0.495 e. The second-order valence-electron chi connectivity index (χ2n) is 5.76. The first-order chi connectivity index (χ1) is 11.1. The number of methoxy groups -OCH3 is 2. The van der Waals surface area contributed by atoms with Crippen molar-refractivity contribution in [3.63, 3.8) is 0 Å². The molecule has 1 heterocycles. The molecule has 1 aromatic rings. The van der Waals surface area contributed by atoms with Gasteiger partial charge in [0.15, 0.2) is 0 Å². The van der Waals surface area contributed by atoms with Crippen molar-refractivity contribution in [1.82, 2.24) is 4.90 Å². The maximum atomic E-state index is 12.4. The molecule has 1 saturated heterocycles. The first-order valence-corrected chi connectivity index (χ1v) is 8.42. The number of halogens is 1. The van der Waals surface area contributed by atoms with Gasteiger partial charge in [-0.05, 0) is 25.8 Å². The Morgan fingerprint density at radius 2 is 2.04 bits per heavy atom. The van der Waals surface area contributed by atoms with E-state index < -0.39 is 0 Å². The van der Waals surface area contributed by atoms with Crippen LogP contribution in [0.5, 0.6) is 11.5 Å². The Hall–Kier alpha value is -1.46. The molecule has 5 nitrogen and oxygen atoms in total. The molecule has 1 N–H and O–H groups in total. The van der Waals surface area contributed by atoms with Crippen LogP contribution in [0.3, 0.4) is 0 Å². The van der Waals surface area contributed by atoms with E-state index in [4.69, 9.17) is 21.1 Å². The van der Waals surface area contributed by atoms with Gasteiger partial charge in [-0.25, -0.2) is 0 Å². The molecule has 0 aromatic heterocycles. The first kappa shape index (κ1) is 17.9. The number of carbonyl (C=O) groups excluding carboxylic acids is 1. The van der Waals surface area contributed by atoms with Crippen molar-refractivity contribution < 1.29 is 14.3 Å². The van der Waals surface area contributed by atoms with Crippen molar-refractivity contribution >= 4 is 23.2 Å². The van der Waals surface area contributed by atoms with Crippen LogP contribution >= 0.6 is 11.6 Å². The average Bonchev–Trinajstić information content (AvgIpc) is 2.56. The third-order valence-electron chi connectivity index (χ3n) is 4.32. The number of nitrogens with one attached hydrogen (secondary N) is 1. The Balaban J connectivity index is 2.07. The summed E-state index contributed by atoms with van der Waals surface area (Å²) in [6.45, 7) is 3.55. The van der Waals surface area contributed by atoms with E-state index in [-0.39, 0.29) is 5.91 Å². The topological polar surface area (TPSA) is 50.8 Å². The highest BCUT2D eigenvalue weighted by atomic mass is 35.5. The highest BCUT2D eigenvalue weighted by molar-refractivity contribution is 6.32. The Morgan fingerprint density at radius 3 is 2.70 bits per heavy atom. The molecule has 0 radical (unpaired) electrons. The van der Waals surface area contributed by atoms with Gasteiger partial charge in [0, 0.05) is 18.2 Å². The van der Waals surface area contributed by atoms with Gasteiger partial charge in [0.2, 0.25) is 5.91 Å². The molecule has 0 saturated carbocycles. The minimum absolute atomic E-state index is 0.0481. The molecule has 0 bridgehead atoms. The number of hydrogen-bond acceptors (Lipinski definition) is 4. The summed E-state index contributed by atoms with van der Waals surface area (Å²) < 4.78 is 10.5. The summed E-state index contributed by atoms with van der Waals surface area (Å²) in [5.74, 6) is 0.982. The molecule has 1 aliphatic rings. The van der Waals surface area contributed by atoms with E-state index in [0.717, 1.165) is 19.4 Å². The van der Waals surface area contributed by atoms with Crippen molar-refractivity contribution in [3.05, 3.63) is 17.2 Å². The van der Waals surface area contributed by atoms with Crippen molar-refractivity contribution in [3.8, 4) is 11.5 Å². The lowest BCUT2D eigenvalue weighted by atomic mass is 10.00. The second kappa shape index (κ2) is 8.41. The van der Waals surface area contributed by atoms with Gasteiger partial charge in [-0.1, -0.05) is 24.9 Å². The maximum Gasteiger partial charge on any atom is 0.238 e. The Bertz CT molecular complexity index is 551. The van der Waals surface area contributed by atoms with Crippen molar-refractivity contribution in [2.24, 2.45) is 0 Å². The van der Waals surface area contributed by atoms with Gasteiger partial charge >= 0.3 is 0 Å². The molecule has 1 aromatic carbocycles. The van der Waals surface area contributed by atoms with Crippen LogP contribution in [-0.2, 0) is 4.79 Å². The minimum atomic E-state index is -0.0481. The number of rotatable bonds is 6. The third kappa shape index (κ3) is 4.52. The summed E-state index contributed by atoms with van der Waals surface area (Å²) in [7, 11) is 3.09. The van der Waals surface area contributed by atoms with Crippen LogP contribution < -0.4 is 14.8 Å². The van der Waals surface area contributed by atoms with Gasteiger partial charge in [0.05, 0.1) is 31.5 Å². The Kier molecular flexibility index (Phi) is 6.54. The van der Waals surface area contributed by atoms with Crippen LogP contribution in [0.1, 0.15) is 32.6 Å². The molecule has 0 aliphatic carbocycles. The number of anilines is 1. The lowest BCUT2D eigenvalue weighted by Crippen LogP contribution is -2.43. The van der Waals surface area contributed by atoms with Gasteiger partial charge in [-0.15, -0.1) is 0 Å². The summed E-state index contributed by atoms with van der Waals surface area (Å²) in [5, 5.41) is 3.36. The molecular formula is C17H25ClN2O3. The smallest absolute Gasteiger partial charge is 0.238 e. The van der Waals surface area contributed by atoms with Crippen molar-refractivity contribution in [2.75, 3.05) is 32.6 Å². The minimum Gasteiger partial charge on any atom is -0.495 e. The van der Waals surface area contributed by atoms with Gasteiger partial charge in [0.1, 0.15) is 11.5 Å². The van der Waals surface area contributed by atoms with E-state index in [0.29, 0.717) is 34.8 Å². The number of benzene rings is 1. The van der Waals surface area contributed by atoms with E-state index in [1.165, 1.54) is 12.8 Å². The van der Waals surface area contributed by atoms with Gasteiger partial charge < -0.3 is 14.8 Å². The van der Waals surface area contributed by atoms with Crippen molar-refractivity contribution in [2.45, 2.75) is 38.6 Å². The fourth-order valence-corrected chi connectivity index (χ4v) is 3.29. The fourth-order valence-electron chi connectivity index (χ4n) is 3.06. The second-order valence-corrected chi connectivity index (χ2v) is 6.17. The van der Waals surface area contributed by atoms with Crippen LogP contribution in [0.4, 0.5) is 5.69 Å². The molecule has 128 valence electrons. The quantitative estimate of drug-likeness (QED) is 0.860. The molecular weight excluding hydrogens is 316 g/mol. The van der Waals surface area contributed by atoms with Crippen LogP contribution in [-0.4, -0.2) is 44.2 Å². The molecule has 1 fully saturated rings. The summed E-state index contributed by atoms with van der Waals surface area (Å²) in [5.41, 5.74) is 0.573. The van der Waals surface area contributed by atoms with E-state index >= 15 is 0 Å². The lowest BCUT2D eigenvalue weighted by Gasteiger charge is -2.34. The van der Waals surface area contributed by atoms with Crippen LogP contribution in [0, 0.1) is 0 Å². The zero-order chi connectivity index (χ0) is 16.8. The summed E-state index contributed by atoms with van der Waals surface area (Å²) >= 11 is 6.08. The summed E-state index contributed by atoms with van der Waals surface area (Å²) in [6, 6.07) is 3.83. The number of piperidine rings is 1. The maximum absolute atomic E-state index is 12.4. The van der Waals surface area contributed by atoms with Crippen molar-refractivity contribution in [1.29, 1.82) is 0 Å². The lowest BCUT2D eigenvalue weighted by molar-refractivity contribution is -0.118. The number of likely N-dealkylation sites (tertiary alicyclic amines) is 1. The zero-order valence-electron chi connectivity index (χ0n) is 14.0. The standard InChI is InChI=1S/C17H25ClN2O3/c1-4-12-7-5-6-8-20(12)11-17(21)19-14-10-15(22-2)13(18)9-16(14)23-3/h9-10,12H,4-8,11H2,1-3H3,(H,19,21). The molecule has 1 unspecified atom stereocenters. The molecule has 0 spiro atoms. The monoisotopic (exact) mass is 340 g/mol. The average molecular weight is 341 g/mol. The van der Waals surface area contributed by atoms with Gasteiger partial charge in [0.25, 0.3) is 0 Å². The fraction of sp³-hybridized carbons (Fsp3) is 0.588. The number of ether oxygens (including phenoxy) is 2. The number of hydrogen-bond donors (Lipinski definition) is 1. The molecule has 23 heavy (non-hydrogen) atoms. The van der Waals surface area contributed by atoms with E-state index in [9.17, 15) is 4.79 Å². The molecule has 1 aliphatic heterocycles. The summed E-state index contributed by atoms with van der Waals surface area (Å²) in [6.07, 6.45) is 4.65. The van der Waals surface area contributed by atoms with Crippen LogP contribution in [0.2, 0.25) is 5.02 Å². The van der Waals surface area contributed by atoms with Crippen LogP contribution in [0.25, 0.3) is 0 Å². The van der Waals surface area contributed by atoms with E-state index in [1.54, 1.807) is 26.4 Å². The summed E-state index contributed by atoms with van der Waals surface area (Å²) in [4.78, 5) is 14.7. The van der Waals surface area contributed by atoms with Crippen LogP contribution in [0.15, 0.2) is 12.1 Å². The Labute approximate surface area is 142 Å². The first-order valence-electron chi connectivity index (χ1n) is 8.04. The predicted molar refractivity (Wildman–Crippen MR) is 92.7 cm³/mol. The SMILES string of the molecule is CCC1CCCCN1CC(=O)Nc1cc(OC)c(Cl)cc1OC. The Morgan fingerprint density at radius 1 is 1.30 bits per heavy atom. The molecule has 1 atom stereocenters.